The molecular formula is C42H51Br2N7O5. The van der Waals surface area contributed by atoms with Crippen LogP contribution in [0.15, 0.2) is 69.9 Å². The summed E-state index contributed by atoms with van der Waals surface area (Å²) in [6.45, 7) is 5.80. The number of benzene rings is 2. The maximum Gasteiger partial charge on any atom is 0.245 e. The van der Waals surface area contributed by atoms with Crippen molar-refractivity contribution in [1.82, 2.24) is 30.3 Å². The van der Waals surface area contributed by atoms with Gasteiger partial charge in [-0.2, -0.15) is 0 Å². The number of pyridine rings is 1. The summed E-state index contributed by atoms with van der Waals surface area (Å²) in [6, 6.07) is 14.9. The van der Waals surface area contributed by atoms with Gasteiger partial charge in [-0.25, -0.2) is 0 Å². The van der Waals surface area contributed by atoms with Gasteiger partial charge in [-0.15, -0.1) is 0 Å². The number of anilines is 1. The van der Waals surface area contributed by atoms with Crippen LogP contribution >= 0.6 is 31.9 Å². The highest BCUT2D eigenvalue weighted by atomic mass is 79.9. The summed E-state index contributed by atoms with van der Waals surface area (Å²) in [5.74, 6) is -0.812. The minimum absolute atomic E-state index is 0.0263. The highest BCUT2D eigenvalue weighted by Crippen LogP contribution is 2.35. The van der Waals surface area contributed by atoms with Crippen molar-refractivity contribution >= 4 is 61.2 Å². The summed E-state index contributed by atoms with van der Waals surface area (Å²) >= 11 is 6.84. The minimum atomic E-state index is -0.754. The number of aromatic nitrogens is 1. The van der Waals surface area contributed by atoms with Gasteiger partial charge in [0.05, 0.1) is 21.3 Å². The number of hydrogen-bond donors (Lipinski definition) is 3. The molecule has 4 aliphatic heterocycles. The second-order valence-corrected chi connectivity index (χ2v) is 17.3. The van der Waals surface area contributed by atoms with Crippen LogP contribution in [0.25, 0.3) is 0 Å². The maximum absolute atomic E-state index is 14.5. The van der Waals surface area contributed by atoms with Gasteiger partial charge in [-0.05, 0) is 130 Å². The molecule has 3 aromatic rings. The van der Waals surface area contributed by atoms with E-state index >= 15 is 0 Å². The summed E-state index contributed by atoms with van der Waals surface area (Å²) in [7, 11) is 0. The van der Waals surface area contributed by atoms with Gasteiger partial charge in [0.15, 0.2) is 0 Å². The Morgan fingerprint density at radius 3 is 2.21 bits per heavy atom. The Morgan fingerprint density at radius 1 is 0.875 bits per heavy atom. The fourth-order valence-corrected chi connectivity index (χ4v) is 10.0. The van der Waals surface area contributed by atoms with E-state index in [1.807, 2.05) is 45.0 Å². The van der Waals surface area contributed by atoms with Gasteiger partial charge in [-0.1, -0.05) is 24.3 Å². The molecule has 5 heterocycles. The first kappa shape index (κ1) is 40.2. The lowest BCUT2D eigenvalue weighted by Gasteiger charge is -2.41. The van der Waals surface area contributed by atoms with Crippen molar-refractivity contribution in [1.29, 1.82) is 0 Å². The molecule has 56 heavy (non-hydrogen) atoms. The molecule has 3 fully saturated rings. The van der Waals surface area contributed by atoms with Gasteiger partial charge in [0.25, 0.3) is 0 Å². The van der Waals surface area contributed by atoms with Crippen molar-refractivity contribution in [2.45, 2.75) is 70.0 Å². The number of fused-ring (bicyclic) bond motifs is 1. The standard InChI is InChI=1S/C42H51Br2N7O5/c43-35-22-29(23-36(44)40(35)54)21-32(26-38(52)49-15-9-34(10-16-49)51-27-31-4-2-1-3-30(31)25-39(51)53)41(55)47-37(24-28-5-11-45-12-6-28)42(56)50-19-17-48(18-20-50)33-7-13-46-14-8-33/h1-4,7-8,13-14,22-23,28,32,34,37,45,54H,5-6,9-12,15-21,24-27H2,(H,47,55)/t32-,37-/m0/s1. The quantitative estimate of drug-likeness (QED) is 0.253. The number of hydrogen-bond acceptors (Lipinski definition) is 8. The number of halogens is 2. The van der Waals surface area contributed by atoms with Crippen molar-refractivity contribution in [3.63, 3.8) is 0 Å². The van der Waals surface area contributed by atoms with E-state index in [0.717, 1.165) is 42.7 Å². The molecule has 0 saturated carbocycles. The normalized spacial score (nSPS) is 19.4. The molecule has 12 nitrogen and oxygen atoms in total. The molecule has 0 radical (unpaired) electrons. The van der Waals surface area contributed by atoms with E-state index in [9.17, 15) is 24.3 Å². The summed E-state index contributed by atoms with van der Waals surface area (Å²) < 4.78 is 0.961. The molecule has 1 aromatic heterocycles. The van der Waals surface area contributed by atoms with E-state index in [1.54, 1.807) is 24.5 Å². The van der Waals surface area contributed by atoms with Gasteiger partial charge in [0.2, 0.25) is 23.6 Å². The molecular weight excluding hydrogens is 842 g/mol. The zero-order valence-corrected chi connectivity index (χ0v) is 34.8. The van der Waals surface area contributed by atoms with Crippen molar-refractivity contribution in [3.05, 3.63) is 86.6 Å². The Balaban J connectivity index is 1.04. The number of piperazine rings is 1. The number of phenols is 1. The van der Waals surface area contributed by atoms with E-state index in [-0.39, 0.29) is 54.2 Å². The van der Waals surface area contributed by atoms with Crippen LogP contribution in [0, 0.1) is 11.8 Å². The molecule has 2 atom stereocenters. The molecule has 0 spiro atoms. The van der Waals surface area contributed by atoms with Crippen LogP contribution in [0.1, 0.15) is 55.2 Å². The van der Waals surface area contributed by atoms with Gasteiger partial charge < -0.3 is 35.3 Å². The number of phenolic OH excluding ortho intramolecular Hbond substituents is 1. The highest BCUT2D eigenvalue weighted by molar-refractivity contribution is 9.11. The summed E-state index contributed by atoms with van der Waals surface area (Å²) in [5.41, 5.74) is 4.10. The number of piperidine rings is 2. The van der Waals surface area contributed by atoms with Crippen molar-refractivity contribution in [2.24, 2.45) is 11.8 Å². The first-order valence-electron chi connectivity index (χ1n) is 19.9. The minimum Gasteiger partial charge on any atom is -0.506 e. The molecule has 4 amide bonds. The van der Waals surface area contributed by atoms with E-state index in [4.69, 9.17) is 0 Å². The molecule has 0 aliphatic carbocycles. The Labute approximate surface area is 345 Å². The second kappa shape index (κ2) is 18.5. The SMILES string of the molecule is O=C(N[C@@H](CC1CCNCC1)C(=O)N1CCN(c2ccncc2)CC1)[C@H](CC(=O)N1CCC(N2Cc3ccccc3CC2=O)CC1)Cc1cc(Br)c(O)c(Br)c1. The van der Waals surface area contributed by atoms with E-state index in [2.05, 4.69) is 58.4 Å². The van der Waals surface area contributed by atoms with Crippen molar-refractivity contribution < 1.29 is 24.3 Å². The first-order valence-corrected chi connectivity index (χ1v) is 21.5. The van der Waals surface area contributed by atoms with Crippen LogP contribution in [0.3, 0.4) is 0 Å². The molecule has 14 heteroatoms. The lowest BCUT2D eigenvalue weighted by atomic mass is 9.89. The van der Waals surface area contributed by atoms with Crippen LogP contribution in [0.2, 0.25) is 0 Å². The number of amides is 4. The Kier molecular flexibility index (Phi) is 13.3. The van der Waals surface area contributed by atoms with Crippen LogP contribution in [-0.2, 0) is 38.6 Å². The monoisotopic (exact) mass is 891 g/mol. The third-order valence-corrected chi connectivity index (χ3v) is 13.2. The zero-order valence-electron chi connectivity index (χ0n) is 31.7. The van der Waals surface area contributed by atoms with E-state index < -0.39 is 12.0 Å². The lowest BCUT2D eigenvalue weighted by Crippen LogP contribution is -2.56. The molecule has 7 rings (SSSR count). The van der Waals surface area contributed by atoms with Crippen LogP contribution in [0.5, 0.6) is 5.75 Å². The molecule has 0 bridgehead atoms. The molecule has 3 saturated heterocycles. The number of carbonyl (C=O) groups is 4. The van der Waals surface area contributed by atoms with Crippen LogP contribution in [-0.4, -0.2) is 113 Å². The van der Waals surface area contributed by atoms with Gasteiger partial charge in [-0.3, -0.25) is 24.2 Å². The largest absolute Gasteiger partial charge is 0.506 e. The molecule has 2 aromatic carbocycles. The van der Waals surface area contributed by atoms with Crippen molar-refractivity contribution in [2.75, 3.05) is 57.3 Å². The number of nitrogens with zero attached hydrogens (tertiary/aromatic N) is 5. The average molecular weight is 894 g/mol. The zero-order chi connectivity index (χ0) is 39.2. The second-order valence-electron chi connectivity index (χ2n) is 15.6. The number of rotatable bonds is 11. The molecule has 298 valence electrons. The van der Waals surface area contributed by atoms with Crippen LogP contribution < -0.4 is 15.5 Å². The maximum atomic E-state index is 14.5. The third kappa shape index (κ3) is 9.74. The molecule has 0 unspecified atom stereocenters. The number of carbonyl (C=O) groups excluding carboxylic acids is 4. The summed E-state index contributed by atoms with van der Waals surface area (Å²) in [4.78, 5) is 68.0. The number of aromatic hydroxyl groups is 1. The predicted molar refractivity (Wildman–Crippen MR) is 221 cm³/mol. The fraction of sp³-hybridized carbons (Fsp3) is 0.500. The van der Waals surface area contributed by atoms with E-state index in [0.29, 0.717) is 80.4 Å². The smallest absolute Gasteiger partial charge is 0.245 e. The molecule has 4 aliphatic rings. The van der Waals surface area contributed by atoms with Crippen molar-refractivity contribution in [3.8, 4) is 5.75 Å². The van der Waals surface area contributed by atoms with Gasteiger partial charge in [0, 0.05) is 76.4 Å². The topological polar surface area (TPSA) is 138 Å². The predicted octanol–water partition coefficient (Wildman–Crippen LogP) is 4.66. The highest BCUT2D eigenvalue weighted by Gasteiger charge is 2.36. The Bertz CT molecular complexity index is 1850. The first-order chi connectivity index (χ1) is 27.1. The Morgan fingerprint density at radius 2 is 1.54 bits per heavy atom. The molecule has 3 N–H and O–H groups in total. The Hall–Kier alpha value is -4.01. The van der Waals surface area contributed by atoms with Crippen LogP contribution in [0.4, 0.5) is 5.69 Å². The lowest BCUT2D eigenvalue weighted by molar-refractivity contribution is -0.141. The summed E-state index contributed by atoms with van der Waals surface area (Å²) in [5, 5.41) is 17.0. The fourth-order valence-electron chi connectivity index (χ4n) is 8.72. The number of nitrogens with one attached hydrogen (secondary N) is 2. The average Bonchev–Trinajstić information content (AvgIpc) is 3.22. The number of likely N-dealkylation sites (tertiary alicyclic amines) is 1. The summed E-state index contributed by atoms with van der Waals surface area (Å²) in [6.07, 6.45) is 7.91. The van der Waals surface area contributed by atoms with Gasteiger partial charge >= 0.3 is 0 Å². The third-order valence-electron chi connectivity index (χ3n) is 12.0. The van der Waals surface area contributed by atoms with E-state index in [1.165, 1.54) is 5.56 Å². The van der Waals surface area contributed by atoms with Gasteiger partial charge in [0.1, 0.15) is 11.8 Å².